The molecule has 0 aliphatic heterocycles. The predicted octanol–water partition coefficient (Wildman–Crippen LogP) is 3.00. The van der Waals surface area contributed by atoms with Crippen molar-refractivity contribution in [2.24, 2.45) is 0 Å². The van der Waals surface area contributed by atoms with Gasteiger partial charge in [-0.15, -0.1) is 0 Å². The molecule has 0 spiro atoms. The van der Waals surface area contributed by atoms with Gasteiger partial charge in [-0.05, 0) is 50.7 Å². The number of nitrogens with zero attached hydrogens (tertiary/aromatic N) is 1. The zero-order valence-electron chi connectivity index (χ0n) is 13.9. The molecule has 126 valence electrons. The van der Waals surface area contributed by atoms with Crippen LogP contribution in [0, 0.1) is 13.8 Å². The van der Waals surface area contributed by atoms with Gasteiger partial charge in [0.05, 0.1) is 11.4 Å². The van der Waals surface area contributed by atoms with E-state index < -0.39 is 0 Å². The number of aromatic nitrogens is 2. The monoisotopic (exact) mass is 343 g/mol. The van der Waals surface area contributed by atoms with Gasteiger partial charge in [0.2, 0.25) is 5.91 Å². The van der Waals surface area contributed by atoms with Gasteiger partial charge in [0, 0.05) is 11.3 Å². The Bertz CT molecular complexity index is 809. The van der Waals surface area contributed by atoms with Gasteiger partial charge in [-0.3, -0.25) is 9.59 Å². The number of hydrogen-bond acceptors (Lipinski definition) is 4. The van der Waals surface area contributed by atoms with Crippen LogP contribution in [0.4, 0.5) is 5.69 Å². The van der Waals surface area contributed by atoms with Crippen molar-refractivity contribution < 1.29 is 4.79 Å². The molecule has 0 radical (unpaired) electrons. The zero-order valence-corrected chi connectivity index (χ0v) is 14.8. The fourth-order valence-electron chi connectivity index (χ4n) is 2.97. The number of para-hydroxylation sites is 1. The van der Waals surface area contributed by atoms with Crippen molar-refractivity contribution in [3.8, 4) is 0 Å². The molecule has 1 aromatic heterocycles. The maximum atomic E-state index is 12.2. The molecule has 0 saturated carbocycles. The fourth-order valence-corrected chi connectivity index (χ4v) is 3.65. The molecule has 24 heavy (non-hydrogen) atoms. The summed E-state index contributed by atoms with van der Waals surface area (Å²) in [5, 5.41) is 3.47. The number of anilines is 1. The summed E-state index contributed by atoms with van der Waals surface area (Å²) in [5.74, 6) is 0.118. The largest absolute Gasteiger partial charge is 0.325 e. The second-order valence-corrected chi connectivity index (χ2v) is 7.07. The number of hydrogen-bond donors (Lipinski definition) is 2. The third-order valence-electron chi connectivity index (χ3n) is 4.26. The molecule has 1 amide bonds. The average Bonchev–Trinajstić information content (AvgIpc) is 2.56. The van der Waals surface area contributed by atoms with Crippen molar-refractivity contribution in [2.75, 3.05) is 11.1 Å². The zero-order chi connectivity index (χ0) is 17.1. The number of thioether (sulfide) groups is 1. The van der Waals surface area contributed by atoms with Crippen molar-refractivity contribution in [1.29, 1.82) is 0 Å². The molecule has 6 heteroatoms. The third kappa shape index (κ3) is 3.70. The molecular formula is C18H21N3O2S. The summed E-state index contributed by atoms with van der Waals surface area (Å²) >= 11 is 1.27. The van der Waals surface area contributed by atoms with Gasteiger partial charge in [0.1, 0.15) is 0 Å². The van der Waals surface area contributed by atoms with Crippen LogP contribution in [0.2, 0.25) is 0 Å². The fraction of sp³-hybridized carbons (Fsp3) is 0.389. The lowest BCUT2D eigenvalue weighted by molar-refractivity contribution is -0.113. The van der Waals surface area contributed by atoms with Gasteiger partial charge < -0.3 is 10.3 Å². The van der Waals surface area contributed by atoms with Gasteiger partial charge in [-0.1, -0.05) is 30.0 Å². The van der Waals surface area contributed by atoms with Gasteiger partial charge in [-0.2, -0.15) is 0 Å². The summed E-state index contributed by atoms with van der Waals surface area (Å²) < 4.78 is 0. The molecule has 3 rings (SSSR count). The van der Waals surface area contributed by atoms with Crippen molar-refractivity contribution in [2.45, 2.75) is 44.7 Å². The molecule has 1 aliphatic rings. The number of benzene rings is 1. The van der Waals surface area contributed by atoms with E-state index in [0.29, 0.717) is 5.16 Å². The van der Waals surface area contributed by atoms with E-state index in [2.05, 4.69) is 15.3 Å². The second-order valence-electron chi connectivity index (χ2n) is 6.11. The smallest absolute Gasteiger partial charge is 0.254 e. The lowest BCUT2D eigenvalue weighted by atomic mass is 9.97. The van der Waals surface area contributed by atoms with Gasteiger partial charge >= 0.3 is 0 Å². The van der Waals surface area contributed by atoms with Crippen LogP contribution in [0.1, 0.15) is 35.2 Å². The molecule has 1 aromatic carbocycles. The van der Waals surface area contributed by atoms with Crippen LogP contribution in [0.25, 0.3) is 0 Å². The molecule has 1 aliphatic carbocycles. The molecule has 1 heterocycles. The number of amides is 1. The minimum absolute atomic E-state index is 0.0580. The van der Waals surface area contributed by atoms with E-state index in [1.165, 1.54) is 11.8 Å². The molecule has 0 saturated heterocycles. The lowest BCUT2D eigenvalue weighted by Crippen LogP contribution is -2.22. The average molecular weight is 343 g/mol. The van der Waals surface area contributed by atoms with E-state index in [1.807, 2.05) is 32.0 Å². The maximum Gasteiger partial charge on any atom is 0.254 e. The highest BCUT2D eigenvalue weighted by atomic mass is 32.2. The molecule has 2 aromatic rings. The summed E-state index contributed by atoms with van der Waals surface area (Å²) in [6, 6.07) is 5.91. The Morgan fingerprint density at radius 3 is 2.71 bits per heavy atom. The standard InChI is InChI=1S/C18H21N3O2S/c1-11-6-5-7-12(2)16(11)20-15(22)10-24-18-19-14-9-4-3-8-13(14)17(23)21-18/h5-7H,3-4,8-10H2,1-2H3,(H,20,22)(H,19,21,23). The van der Waals surface area contributed by atoms with E-state index in [-0.39, 0.29) is 17.2 Å². The quantitative estimate of drug-likeness (QED) is 0.661. The molecule has 0 fully saturated rings. The first-order valence-electron chi connectivity index (χ1n) is 8.15. The highest BCUT2D eigenvalue weighted by Gasteiger charge is 2.16. The SMILES string of the molecule is Cc1cccc(C)c1NC(=O)CSc1nc2c(c(=O)[nH]1)CCCC2. The Hall–Kier alpha value is -2.08. The van der Waals surface area contributed by atoms with E-state index in [0.717, 1.165) is 53.8 Å². The van der Waals surface area contributed by atoms with Crippen LogP contribution in [0.3, 0.4) is 0 Å². The van der Waals surface area contributed by atoms with E-state index in [4.69, 9.17) is 0 Å². The van der Waals surface area contributed by atoms with Crippen LogP contribution in [-0.4, -0.2) is 21.6 Å². The van der Waals surface area contributed by atoms with Gasteiger partial charge in [0.15, 0.2) is 5.16 Å². The molecule has 5 nitrogen and oxygen atoms in total. The van der Waals surface area contributed by atoms with Crippen LogP contribution in [0.15, 0.2) is 28.2 Å². The second kappa shape index (κ2) is 7.21. The number of aryl methyl sites for hydroxylation is 3. The van der Waals surface area contributed by atoms with E-state index in [9.17, 15) is 9.59 Å². The third-order valence-corrected chi connectivity index (χ3v) is 5.13. The Morgan fingerprint density at radius 2 is 1.96 bits per heavy atom. The van der Waals surface area contributed by atoms with E-state index >= 15 is 0 Å². The first-order valence-corrected chi connectivity index (χ1v) is 9.14. The van der Waals surface area contributed by atoms with Crippen LogP contribution in [0.5, 0.6) is 0 Å². The molecule has 0 atom stereocenters. The van der Waals surface area contributed by atoms with Crippen LogP contribution >= 0.6 is 11.8 Å². The number of fused-ring (bicyclic) bond motifs is 1. The van der Waals surface area contributed by atoms with Crippen LogP contribution < -0.4 is 10.9 Å². The van der Waals surface area contributed by atoms with Crippen LogP contribution in [-0.2, 0) is 17.6 Å². The topological polar surface area (TPSA) is 74.8 Å². The number of H-pyrrole nitrogens is 1. The highest BCUT2D eigenvalue weighted by Crippen LogP contribution is 2.21. The van der Waals surface area contributed by atoms with Crippen molar-refractivity contribution in [3.63, 3.8) is 0 Å². The molecule has 0 bridgehead atoms. The normalized spacial score (nSPS) is 13.4. The molecule has 0 unspecified atom stereocenters. The summed E-state index contributed by atoms with van der Waals surface area (Å²) in [6.45, 7) is 3.94. The first kappa shape index (κ1) is 16.8. The number of aromatic amines is 1. The highest BCUT2D eigenvalue weighted by molar-refractivity contribution is 7.99. The Labute approximate surface area is 145 Å². The maximum absolute atomic E-state index is 12.2. The Kier molecular flexibility index (Phi) is 5.04. The molecular weight excluding hydrogens is 322 g/mol. The van der Waals surface area contributed by atoms with Crippen molar-refractivity contribution in [3.05, 3.63) is 50.9 Å². The summed E-state index contributed by atoms with van der Waals surface area (Å²) in [6.07, 6.45) is 3.76. The minimum Gasteiger partial charge on any atom is -0.325 e. The first-order chi connectivity index (χ1) is 11.5. The Balaban J connectivity index is 1.66. The Morgan fingerprint density at radius 1 is 1.25 bits per heavy atom. The van der Waals surface area contributed by atoms with Gasteiger partial charge in [0.25, 0.3) is 5.56 Å². The summed E-state index contributed by atoms with van der Waals surface area (Å²) in [7, 11) is 0. The van der Waals surface area contributed by atoms with Crippen molar-refractivity contribution >= 4 is 23.4 Å². The van der Waals surface area contributed by atoms with Crippen molar-refractivity contribution in [1.82, 2.24) is 9.97 Å². The number of rotatable bonds is 4. The van der Waals surface area contributed by atoms with E-state index in [1.54, 1.807) is 0 Å². The minimum atomic E-state index is -0.0993. The van der Waals surface area contributed by atoms with Gasteiger partial charge in [-0.25, -0.2) is 4.98 Å². The number of carbonyl (C=O) groups is 1. The summed E-state index contributed by atoms with van der Waals surface area (Å²) in [5.41, 5.74) is 4.57. The predicted molar refractivity (Wildman–Crippen MR) is 96.8 cm³/mol. The number of carbonyl (C=O) groups excluding carboxylic acids is 1. The molecule has 2 N–H and O–H groups in total. The number of nitrogens with one attached hydrogen (secondary N) is 2. The lowest BCUT2D eigenvalue weighted by Gasteiger charge is -2.14. The summed E-state index contributed by atoms with van der Waals surface area (Å²) in [4.78, 5) is 31.6.